The number of benzene rings is 1. The van der Waals surface area contributed by atoms with Crippen molar-refractivity contribution < 1.29 is 0 Å². The molecule has 4 nitrogen and oxygen atoms in total. The zero-order chi connectivity index (χ0) is 15.4. The van der Waals surface area contributed by atoms with Crippen molar-refractivity contribution in [3.8, 4) is 6.07 Å². The average molecular weight is 282 g/mol. The van der Waals surface area contributed by atoms with Crippen molar-refractivity contribution in [1.29, 1.82) is 5.26 Å². The predicted molar refractivity (Wildman–Crippen MR) is 86.0 cm³/mol. The second kappa shape index (κ2) is 6.47. The van der Waals surface area contributed by atoms with Gasteiger partial charge in [-0.25, -0.2) is 0 Å². The Morgan fingerprint density at radius 1 is 1.29 bits per heavy atom. The van der Waals surface area contributed by atoms with E-state index in [9.17, 15) is 0 Å². The SMILES string of the molecule is Cc1c(CNc2cccc(CN(C)C)c2)cc(C#N)n1C. The van der Waals surface area contributed by atoms with Gasteiger partial charge in [-0.1, -0.05) is 12.1 Å². The molecule has 0 unspecified atom stereocenters. The first kappa shape index (κ1) is 15.1. The van der Waals surface area contributed by atoms with Crippen molar-refractivity contribution in [2.45, 2.75) is 20.0 Å². The lowest BCUT2D eigenvalue weighted by atomic mass is 10.2. The number of nitrogens with one attached hydrogen (secondary N) is 1. The molecule has 0 atom stereocenters. The second-order valence-electron chi connectivity index (χ2n) is 5.60. The summed E-state index contributed by atoms with van der Waals surface area (Å²) in [6.07, 6.45) is 0. The van der Waals surface area contributed by atoms with E-state index in [0.29, 0.717) is 5.69 Å². The summed E-state index contributed by atoms with van der Waals surface area (Å²) in [6, 6.07) is 12.6. The van der Waals surface area contributed by atoms with E-state index in [4.69, 9.17) is 5.26 Å². The monoisotopic (exact) mass is 282 g/mol. The maximum atomic E-state index is 9.07. The highest BCUT2D eigenvalue weighted by molar-refractivity contribution is 5.47. The van der Waals surface area contributed by atoms with Crippen LogP contribution in [0, 0.1) is 18.3 Å². The molecule has 0 amide bonds. The summed E-state index contributed by atoms with van der Waals surface area (Å²) >= 11 is 0. The highest BCUT2D eigenvalue weighted by Crippen LogP contribution is 2.17. The molecule has 0 aliphatic heterocycles. The van der Waals surface area contributed by atoms with Gasteiger partial charge in [-0.3, -0.25) is 0 Å². The molecule has 0 fully saturated rings. The fraction of sp³-hybridized carbons (Fsp3) is 0.353. The van der Waals surface area contributed by atoms with Crippen molar-refractivity contribution in [2.75, 3.05) is 19.4 Å². The van der Waals surface area contributed by atoms with E-state index in [1.165, 1.54) is 5.56 Å². The van der Waals surface area contributed by atoms with Gasteiger partial charge in [0, 0.05) is 31.5 Å². The molecule has 1 heterocycles. The summed E-state index contributed by atoms with van der Waals surface area (Å²) in [5, 5.41) is 12.5. The molecule has 1 aromatic heterocycles. The van der Waals surface area contributed by atoms with E-state index in [-0.39, 0.29) is 0 Å². The molecule has 0 spiro atoms. The molecule has 2 rings (SSSR count). The molecule has 2 aromatic rings. The van der Waals surface area contributed by atoms with Gasteiger partial charge >= 0.3 is 0 Å². The number of hydrogen-bond acceptors (Lipinski definition) is 3. The quantitative estimate of drug-likeness (QED) is 0.917. The highest BCUT2D eigenvalue weighted by atomic mass is 15.0. The Morgan fingerprint density at radius 2 is 2.05 bits per heavy atom. The summed E-state index contributed by atoms with van der Waals surface area (Å²) in [5.74, 6) is 0. The normalized spacial score (nSPS) is 10.7. The first-order valence-corrected chi connectivity index (χ1v) is 7.04. The fourth-order valence-electron chi connectivity index (χ4n) is 2.39. The Labute approximate surface area is 126 Å². The van der Waals surface area contributed by atoms with Crippen LogP contribution in [0.4, 0.5) is 5.69 Å². The van der Waals surface area contributed by atoms with Crippen molar-refractivity contribution >= 4 is 5.69 Å². The molecule has 0 saturated heterocycles. The average Bonchev–Trinajstić information content (AvgIpc) is 2.72. The van der Waals surface area contributed by atoms with Crippen LogP contribution < -0.4 is 5.32 Å². The van der Waals surface area contributed by atoms with E-state index in [0.717, 1.165) is 30.0 Å². The Bertz CT molecular complexity index is 662. The summed E-state index contributed by atoms with van der Waals surface area (Å²) in [5.41, 5.74) is 5.38. The largest absolute Gasteiger partial charge is 0.381 e. The lowest BCUT2D eigenvalue weighted by Crippen LogP contribution is -2.10. The molecule has 1 aromatic carbocycles. The number of hydrogen-bond donors (Lipinski definition) is 1. The molecule has 1 N–H and O–H groups in total. The van der Waals surface area contributed by atoms with Gasteiger partial charge in [0.2, 0.25) is 0 Å². The van der Waals surface area contributed by atoms with E-state index in [1.807, 2.05) is 24.6 Å². The standard InChI is InChI=1S/C17H22N4/c1-13-15(9-17(10-18)21(13)4)11-19-16-7-5-6-14(8-16)12-20(2)3/h5-9,19H,11-12H2,1-4H3. The zero-order valence-corrected chi connectivity index (χ0v) is 13.1. The van der Waals surface area contributed by atoms with Gasteiger partial charge in [0.15, 0.2) is 0 Å². The van der Waals surface area contributed by atoms with Crippen molar-refractivity contribution in [2.24, 2.45) is 7.05 Å². The molecule has 4 heteroatoms. The Hall–Kier alpha value is -2.25. The lowest BCUT2D eigenvalue weighted by Gasteiger charge is -2.12. The summed E-state index contributed by atoms with van der Waals surface area (Å²) in [6.45, 7) is 3.70. The van der Waals surface area contributed by atoms with Crippen molar-refractivity contribution in [1.82, 2.24) is 9.47 Å². The van der Waals surface area contributed by atoms with Crippen LogP contribution in [0.3, 0.4) is 0 Å². The highest BCUT2D eigenvalue weighted by Gasteiger charge is 2.08. The number of rotatable bonds is 5. The van der Waals surface area contributed by atoms with Gasteiger partial charge in [-0.15, -0.1) is 0 Å². The molecule has 0 radical (unpaired) electrons. The molecule has 0 bridgehead atoms. The molecular weight excluding hydrogens is 260 g/mol. The third-order valence-corrected chi connectivity index (χ3v) is 3.66. The van der Waals surface area contributed by atoms with Crippen molar-refractivity contribution in [3.05, 3.63) is 52.8 Å². The second-order valence-corrected chi connectivity index (χ2v) is 5.60. The van der Waals surface area contributed by atoms with Crippen LogP contribution in [0.5, 0.6) is 0 Å². The van der Waals surface area contributed by atoms with Crippen LogP contribution >= 0.6 is 0 Å². The summed E-state index contributed by atoms with van der Waals surface area (Å²) in [7, 11) is 6.06. The van der Waals surface area contributed by atoms with Crippen LogP contribution in [0.25, 0.3) is 0 Å². The molecule has 110 valence electrons. The third kappa shape index (κ3) is 3.65. The maximum Gasteiger partial charge on any atom is 0.120 e. The van der Waals surface area contributed by atoms with Crippen molar-refractivity contribution in [3.63, 3.8) is 0 Å². The number of nitrogens with zero attached hydrogens (tertiary/aromatic N) is 3. The minimum atomic E-state index is 0.700. The number of anilines is 1. The van der Waals surface area contributed by atoms with Gasteiger partial charge in [-0.05, 0) is 50.3 Å². The Morgan fingerprint density at radius 3 is 2.67 bits per heavy atom. The smallest absolute Gasteiger partial charge is 0.120 e. The van der Waals surface area contributed by atoms with E-state index < -0.39 is 0 Å². The number of aromatic nitrogens is 1. The van der Waals surface area contributed by atoms with Gasteiger partial charge in [0.25, 0.3) is 0 Å². The molecule has 0 aliphatic carbocycles. The van der Waals surface area contributed by atoms with Crippen LogP contribution in [-0.2, 0) is 20.1 Å². The lowest BCUT2D eigenvalue weighted by molar-refractivity contribution is 0.402. The fourth-order valence-corrected chi connectivity index (χ4v) is 2.39. The maximum absolute atomic E-state index is 9.07. The molecule has 21 heavy (non-hydrogen) atoms. The first-order chi connectivity index (χ1) is 10.0. The first-order valence-electron chi connectivity index (χ1n) is 7.04. The summed E-state index contributed by atoms with van der Waals surface area (Å²) < 4.78 is 1.93. The van der Waals surface area contributed by atoms with Gasteiger partial charge in [0.05, 0.1) is 0 Å². The van der Waals surface area contributed by atoms with E-state index in [1.54, 1.807) is 0 Å². The summed E-state index contributed by atoms with van der Waals surface area (Å²) in [4.78, 5) is 2.15. The van der Waals surface area contributed by atoms with E-state index >= 15 is 0 Å². The molecule has 0 aliphatic rings. The van der Waals surface area contributed by atoms with E-state index in [2.05, 4.69) is 54.6 Å². The Balaban J connectivity index is 2.08. The molecule has 0 saturated carbocycles. The van der Waals surface area contributed by atoms with Gasteiger partial charge < -0.3 is 14.8 Å². The van der Waals surface area contributed by atoms with Crippen LogP contribution in [-0.4, -0.2) is 23.6 Å². The van der Waals surface area contributed by atoms with Crippen LogP contribution in [0.15, 0.2) is 30.3 Å². The minimum Gasteiger partial charge on any atom is -0.381 e. The van der Waals surface area contributed by atoms with Gasteiger partial charge in [0.1, 0.15) is 11.8 Å². The van der Waals surface area contributed by atoms with Crippen LogP contribution in [0.2, 0.25) is 0 Å². The topological polar surface area (TPSA) is 44.0 Å². The zero-order valence-electron chi connectivity index (χ0n) is 13.1. The molecular formula is C17H22N4. The predicted octanol–water partition coefficient (Wildman–Crippen LogP) is 2.88. The van der Waals surface area contributed by atoms with Gasteiger partial charge in [-0.2, -0.15) is 5.26 Å². The number of nitriles is 1. The third-order valence-electron chi connectivity index (χ3n) is 3.66. The minimum absolute atomic E-state index is 0.700. The van der Waals surface area contributed by atoms with Crippen LogP contribution in [0.1, 0.15) is 22.5 Å². The Kier molecular flexibility index (Phi) is 4.66.